The molecule has 0 aliphatic rings. The van der Waals surface area contributed by atoms with Crippen LogP contribution >= 0.6 is 12.2 Å². The molecule has 1 aromatic rings. The van der Waals surface area contributed by atoms with Crippen LogP contribution in [-0.2, 0) is 21.8 Å². The van der Waals surface area contributed by atoms with Gasteiger partial charge in [-0.1, -0.05) is 39.9 Å². The first-order valence-electron chi connectivity index (χ1n) is 5.66. The molecule has 0 saturated heterocycles. The lowest BCUT2D eigenvalue weighted by Crippen LogP contribution is -2.17. The molecule has 0 amide bonds. The molecule has 4 nitrogen and oxygen atoms in total. The van der Waals surface area contributed by atoms with Crippen molar-refractivity contribution in [2.75, 3.05) is 11.5 Å². The number of nitrogens with one attached hydrogen (secondary N) is 1. The lowest BCUT2D eigenvalue weighted by molar-refractivity contribution is 0.536. The largest absolute Gasteiger partial charge is 0.301 e. The van der Waals surface area contributed by atoms with Gasteiger partial charge in [0.25, 0.3) is 0 Å². The highest BCUT2D eigenvalue weighted by atomic mass is 32.2. The van der Waals surface area contributed by atoms with Gasteiger partial charge in [0.05, 0.1) is 12.3 Å². The van der Waals surface area contributed by atoms with Gasteiger partial charge in [0.1, 0.15) is 4.64 Å². The quantitative estimate of drug-likeness (QED) is 0.858. The van der Waals surface area contributed by atoms with Crippen LogP contribution < -0.4 is 0 Å². The summed E-state index contributed by atoms with van der Waals surface area (Å²) in [7, 11) is -2.95. The van der Waals surface area contributed by atoms with E-state index in [4.69, 9.17) is 12.2 Å². The van der Waals surface area contributed by atoms with E-state index in [0.717, 1.165) is 5.69 Å². The molecule has 0 aromatic carbocycles. The fourth-order valence-electron chi connectivity index (χ4n) is 1.36. The van der Waals surface area contributed by atoms with Gasteiger partial charge in [-0.05, 0) is 6.07 Å². The Bertz CT molecular complexity index is 533. The Kier molecular flexibility index (Phi) is 4.19. The summed E-state index contributed by atoms with van der Waals surface area (Å²) in [6.45, 7) is 8.30. The average Bonchev–Trinajstić information content (AvgIpc) is 2.57. The molecule has 1 aromatic heterocycles. The van der Waals surface area contributed by atoms with E-state index in [1.54, 1.807) is 11.6 Å². The number of aromatic nitrogens is 2. The SMILES string of the molecule is CCS(=O)(=O)CCn1[nH]c(C(C)(C)C)cc1=S. The highest BCUT2D eigenvalue weighted by Gasteiger charge is 2.17. The molecule has 0 saturated carbocycles. The number of hydrogen-bond acceptors (Lipinski definition) is 3. The number of aryl methyl sites for hydroxylation is 1. The Labute approximate surface area is 108 Å². The molecule has 98 valence electrons. The van der Waals surface area contributed by atoms with Gasteiger partial charge in [-0.2, -0.15) is 0 Å². The Morgan fingerprint density at radius 3 is 2.41 bits per heavy atom. The Morgan fingerprint density at radius 1 is 1.41 bits per heavy atom. The summed E-state index contributed by atoms with van der Waals surface area (Å²) >= 11 is 5.20. The van der Waals surface area contributed by atoms with Gasteiger partial charge in [0.15, 0.2) is 9.84 Å². The zero-order valence-corrected chi connectivity index (χ0v) is 12.4. The van der Waals surface area contributed by atoms with Crippen molar-refractivity contribution in [3.05, 3.63) is 16.4 Å². The van der Waals surface area contributed by atoms with Gasteiger partial charge >= 0.3 is 0 Å². The molecule has 0 spiro atoms. The van der Waals surface area contributed by atoms with Crippen LogP contribution in [0.3, 0.4) is 0 Å². The number of aromatic amines is 1. The summed E-state index contributed by atoms with van der Waals surface area (Å²) < 4.78 is 25.2. The normalized spacial score (nSPS) is 12.9. The summed E-state index contributed by atoms with van der Waals surface area (Å²) in [6.07, 6.45) is 0. The predicted octanol–water partition coefficient (Wildman–Crippen LogP) is 2.28. The van der Waals surface area contributed by atoms with Crippen LogP contribution in [0.1, 0.15) is 33.4 Å². The molecule has 0 unspecified atom stereocenters. The minimum absolute atomic E-state index is 0.0115. The molecule has 0 bridgehead atoms. The summed E-state index contributed by atoms with van der Waals surface area (Å²) in [5.41, 5.74) is 1.01. The topological polar surface area (TPSA) is 54.9 Å². The van der Waals surface area contributed by atoms with Gasteiger partial charge in [-0.3, -0.25) is 4.68 Å². The van der Waals surface area contributed by atoms with E-state index >= 15 is 0 Å². The maximum Gasteiger partial charge on any atom is 0.151 e. The van der Waals surface area contributed by atoms with Crippen LogP contribution in [0.5, 0.6) is 0 Å². The van der Waals surface area contributed by atoms with Crippen molar-refractivity contribution in [2.24, 2.45) is 0 Å². The summed E-state index contributed by atoms with van der Waals surface area (Å²) in [6, 6.07) is 1.90. The zero-order chi connectivity index (χ0) is 13.3. The number of rotatable bonds is 4. The van der Waals surface area contributed by atoms with Crippen molar-refractivity contribution in [1.29, 1.82) is 0 Å². The van der Waals surface area contributed by atoms with Gasteiger partial charge in [-0.15, -0.1) is 0 Å². The molecule has 1 N–H and O–H groups in total. The highest BCUT2D eigenvalue weighted by Crippen LogP contribution is 2.20. The standard InChI is InChI=1S/C11H20N2O2S2/c1-5-17(14,15)7-6-13-10(16)8-9(12-13)11(2,3)4/h8,12H,5-7H2,1-4H3. The van der Waals surface area contributed by atoms with Crippen molar-refractivity contribution < 1.29 is 8.42 Å². The molecule has 0 radical (unpaired) electrons. The molecule has 6 heteroatoms. The van der Waals surface area contributed by atoms with E-state index in [9.17, 15) is 8.42 Å². The molecule has 0 aliphatic heterocycles. The van der Waals surface area contributed by atoms with Crippen molar-refractivity contribution in [2.45, 2.75) is 39.7 Å². The first kappa shape index (κ1) is 14.4. The van der Waals surface area contributed by atoms with Crippen LogP contribution in [0.25, 0.3) is 0 Å². The molecule has 17 heavy (non-hydrogen) atoms. The predicted molar refractivity (Wildman–Crippen MR) is 72.6 cm³/mol. The third-order valence-corrected chi connectivity index (χ3v) is 4.69. The van der Waals surface area contributed by atoms with Crippen molar-refractivity contribution >= 4 is 22.1 Å². The number of sulfone groups is 1. The molecule has 1 rings (SSSR count). The van der Waals surface area contributed by atoms with Gasteiger partial charge in [0.2, 0.25) is 0 Å². The maximum absolute atomic E-state index is 11.4. The van der Waals surface area contributed by atoms with Gasteiger partial charge < -0.3 is 5.10 Å². The molecule has 0 atom stereocenters. The fraction of sp³-hybridized carbons (Fsp3) is 0.727. The first-order chi connectivity index (χ1) is 7.65. The van der Waals surface area contributed by atoms with Crippen LogP contribution in [0, 0.1) is 4.64 Å². The van der Waals surface area contributed by atoms with Crippen LogP contribution in [0.15, 0.2) is 6.07 Å². The fourth-order valence-corrected chi connectivity index (χ4v) is 2.36. The van der Waals surface area contributed by atoms with Gasteiger partial charge in [0, 0.05) is 16.9 Å². The van der Waals surface area contributed by atoms with E-state index in [1.165, 1.54) is 0 Å². The number of H-pyrrole nitrogens is 1. The highest BCUT2D eigenvalue weighted by molar-refractivity contribution is 7.91. The summed E-state index contributed by atoms with van der Waals surface area (Å²) in [5, 5.41) is 3.17. The smallest absolute Gasteiger partial charge is 0.151 e. The Balaban J connectivity index is 2.88. The second-order valence-electron chi connectivity index (χ2n) is 5.15. The monoisotopic (exact) mass is 276 g/mol. The number of hydrogen-bond donors (Lipinski definition) is 1. The van der Waals surface area contributed by atoms with E-state index in [0.29, 0.717) is 11.2 Å². The molecule has 0 aliphatic carbocycles. The Hall–Kier alpha value is -0.620. The molecule has 0 fully saturated rings. The summed E-state index contributed by atoms with van der Waals surface area (Å²) in [5.74, 6) is 0.301. The summed E-state index contributed by atoms with van der Waals surface area (Å²) in [4.78, 5) is 0. The van der Waals surface area contributed by atoms with E-state index < -0.39 is 9.84 Å². The van der Waals surface area contributed by atoms with E-state index in [2.05, 4.69) is 25.9 Å². The van der Waals surface area contributed by atoms with Crippen LogP contribution in [0.2, 0.25) is 0 Å². The molecular formula is C11H20N2O2S2. The minimum Gasteiger partial charge on any atom is -0.301 e. The Morgan fingerprint density at radius 2 is 2.00 bits per heavy atom. The van der Waals surface area contributed by atoms with E-state index in [-0.39, 0.29) is 16.9 Å². The number of nitrogens with zero attached hydrogens (tertiary/aromatic N) is 1. The second-order valence-corrected chi connectivity index (χ2v) is 8.04. The first-order valence-corrected chi connectivity index (χ1v) is 7.89. The van der Waals surface area contributed by atoms with E-state index in [1.807, 2.05) is 6.07 Å². The average molecular weight is 276 g/mol. The van der Waals surface area contributed by atoms with Crippen molar-refractivity contribution in [1.82, 2.24) is 9.78 Å². The minimum atomic E-state index is -2.95. The second kappa shape index (κ2) is 4.94. The lowest BCUT2D eigenvalue weighted by atomic mass is 9.93. The van der Waals surface area contributed by atoms with Crippen molar-refractivity contribution in [3.63, 3.8) is 0 Å². The van der Waals surface area contributed by atoms with Crippen LogP contribution in [0.4, 0.5) is 0 Å². The lowest BCUT2D eigenvalue weighted by Gasteiger charge is -2.15. The third kappa shape index (κ3) is 3.96. The van der Waals surface area contributed by atoms with Crippen molar-refractivity contribution in [3.8, 4) is 0 Å². The van der Waals surface area contributed by atoms with Crippen LogP contribution in [-0.4, -0.2) is 29.7 Å². The third-order valence-electron chi connectivity index (χ3n) is 2.66. The maximum atomic E-state index is 11.4. The molecular weight excluding hydrogens is 256 g/mol. The molecule has 1 heterocycles. The van der Waals surface area contributed by atoms with Gasteiger partial charge in [-0.25, -0.2) is 8.42 Å². The zero-order valence-electron chi connectivity index (χ0n) is 10.8.